The predicted octanol–water partition coefficient (Wildman–Crippen LogP) is 23.6. The van der Waals surface area contributed by atoms with Gasteiger partial charge in [-0.3, -0.25) is 0 Å². The molecule has 26 rings (SSSR count). The number of hydrogen-bond donors (Lipinski definition) is 0. The summed E-state index contributed by atoms with van der Waals surface area (Å²) in [5.74, 6) is 0. The minimum atomic E-state index is 0.857. The van der Waals surface area contributed by atoms with Crippen molar-refractivity contribution in [3.8, 4) is 11.1 Å². The number of fused-ring (bicyclic) bond motifs is 40. The summed E-state index contributed by atoms with van der Waals surface area (Å²) < 4.78 is 38.1. The van der Waals surface area contributed by atoms with Gasteiger partial charge in [-0.05, 0) is 114 Å². The van der Waals surface area contributed by atoms with Crippen LogP contribution >= 0.6 is 0 Å². The molecule has 12 heterocycles. The van der Waals surface area contributed by atoms with Gasteiger partial charge in [-0.2, -0.15) is 0 Å². The molecule has 92 heavy (non-hydrogen) atoms. The van der Waals surface area contributed by atoms with E-state index in [-0.39, 0.29) is 0 Å². The van der Waals surface area contributed by atoms with Crippen molar-refractivity contribution in [3.63, 3.8) is 0 Å². The first-order chi connectivity index (χ1) is 45.6. The standard InChI is InChI=1S/C84H38N4O4/c1-7-21-58-41(14-1)48-31-52-44-17-4-10-24-66(44)91-83(52)77-55-35-65-56(36-64(55)86(58)81(48)77)78-82-49(42-15-2-8-22-59(42)87(65)82)32-57-72-40(20-13-27-69(72)92-84(57)78)39-28-29-61-47(30-39)51-38-71-74(46-19-6-12-26-68(46)90-71)76-54-33-62-53(34-63(54)88(61)80(51)76)75-73-45-18-5-11-25-67(45)89-70(73)37-50-43-16-3-9-23-60(43)85(62)79(50)75/h1-38H. The molecule has 0 fully saturated rings. The minimum absolute atomic E-state index is 0.857. The van der Waals surface area contributed by atoms with Crippen LogP contribution in [0.3, 0.4) is 0 Å². The molecule has 0 N–H and O–H groups in total. The van der Waals surface area contributed by atoms with Crippen molar-refractivity contribution < 1.29 is 17.7 Å². The number of benzene rings is 14. The zero-order chi connectivity index (χ0) is 58.6. The number of nitrogens with zero attached hydrogens (tertiary/aromatic N) is 4. The maximum atomic E-state index is 7.40. The molecule has 14 aromatic carbocycles. The SMILES string of the molecule is c1ccc2c(c1)oc1c2cc2c3ccccc3n3c4cc5c6c7oc8cccc(-c9ccc%10c(c9)c9cc%11oc%12ccccc%12c%11c%11c%12cc%13c(cc%12n%10c9%11)c9c%10c(cc%11c%12ccccc%12n%13c%119)oc9ccccc9%10)c8c7cc7c8ccccc8n(c5cc4c1c23)c76. The van der Waals surface area contributed by atoms with Gasteiger partial charge in [-0.1, -0.05) is 127 Å². The molecule has 0 aliphatic heterocycles. The van der Waals surface area contributed by atoms with Crippen LogP contribution in [0.1, 0.15) is 0 Å². The van der Waals surface area contributed by atoms with Crippen molar-refractivity contribution in [2.45, 2.75) is 0 Å². The van der Waals surface area contributed by atoms with Crippen LogP contribution in [0.25, 0.3) is 251 Å². The van der Waals surface area contributed by atoms with E-state index >= 15 is 0 Å². The Labute approximate surface area is 514 Å². The maximum absolute atomic E-state index is 7.40. The van der Waals surface area contributed by atoms with Crippen molar-refractivity contribution in [2.24, 2.45) is 0 Å². The van der Waals surface area contributed by atoms with Gasteiger partial charge < -0.3 is 35.3 Å². The summed E-state index contributed by atoms with van der Waals surface area (Å²) in [6.07, 6.45) is 0. The summed E-state index contributed by atoms with van der Waals surface area (Å²) in [5.41, 5.74) is 23.5. The monoisotopic (exact) mass is 1170 g/mol. The number of hydrogen-bond acceptors (Lipinski definition) is 4. The molecule has 0 spiro atoms. The summed E-state index contributed by atoms with van der Waals surface area (Å²) >= 11 is 0. The normalized spacial score (nSPS) is 13.4. The van der Waals surface area contributed by atoms with Crippen molar-refractivity contribution >= 4 is 240 Å². The van der Waals surface area contributed by atoms with E-state index in [1.165, 1.54) is 109 Å². The van der Waals surface area contributed by atoms with E-state index in [4.69, 9.17) is 17.7 Å². The van der Waals surface area contributed by atoms with Crippen LogP contribution in [0.2, 0.25) is 0 Å². The largest absolute Gasteiger partial charge is 0.456 e. The number of para-hydroxylation sites is 6. The van der Waals surface area contributed by atoms with Crippen molar-refractivity contribution in [3.05, 3.63) is 231 Å². The molecule has 0 aliphatic rings. The summed E-state index contributed by atoms with van der Waals surface area (Å²) in [6, 6.07) is 85.0. The van der Waals surface area contributed by atoms with E-state index in [0.29, 0.717) is 0 Å². The average molecular weight is 1170 g/mol. The minimum Gasteiger partial charge on any atom is -0.456 e. The third kappa shape index (κ3) is 4.76. The van der Waals surface area contributed by atoms with Crippen LogP contribution in [0.4, 0.5) is 0 Å². The molecular weight excluding hydrogens is 1130 g/mol. The quantitative estimate of drug-likeness (QED) is 0.164. The second kappa shape index (κ2) is 14.6. The summed E-state index contributed by atoms with van der Waals surface area (Å²) in [5, 5.41) is 28.1. The fourth-order valence-electron chi connectivity index (χ4n) is 18.5. The van der Waals surface area contributed by atoms with Gasteiger partial charge in [-0.15, -0.1) is 0 Å². The Morgan fingerprint density at radius 3 is 1.12 bits per heavy atom. The lowest BCUT2D eigenvalue weighted by atomic mass is 9.95. The van der Waals surface area contributed by atoms with E-state index in [1.54, 1.807) is 0 Å². The maximum Gasteiger partial charge on any atom is 0.145 e. The van der Waals surface area contributed by atoms with Gasteiger partial charge >= 0.3 is 0 Å². The summed E-state index contributed by atoms with van der Waals surface area (Å²) in [6.45, 7) is 0. The van der Waals surface area contributed by atoms with Gasteiger partial charge in [0, 0.05) is 118 Å². The molecule has 8 heteroatoms. The topological polar surface area (TPSA) is 70.2 Å². The Bertz CT molecular complexity index is 8010. The van der Waals surface area contributed by atoms with Gasteiger partial charge in [0.25, 0.3) is 0 Å². The molecule has 0 saturated heterocycles. The molecular formula is C84H38N4O4. The molecule has 8 nitrogen and oxygen atoms in total. The van der Waals surface area contributed by atoms with Crippen LogP contribution in [0.15, 0.2) is 248 Å². The molecule has 418 valence electrons. The Morgan fingerprint density at radius 2 is 0.576 bits per heavy atom. The lowest BCUT2D eigenvalue weighted by molar-refractivity contribution is 0.669. The Hall–Kier alpha value is -12.5. The fourth-order valence-corrected chi connectivity index (χ4v) is 18.5. The number of aromatic nitrogens is 4. The molecule has 0 aliphatic carbocycles. The first-order valence-corrected chi connectivity index (χ1v) is 31.6. The molecule has 12 aromatic heterocycles. The highest BCUT2D eigenvalue weighted by Crippen LogP contribution is 2.55. The summed E-state index contributed by atoms with van der Waals surface area (Å²) in [4.78, 5) is 0. The van der Waals surface area contributed by atoms with Crippen molar-refractivity contribution in [2.75, 3.05) is 0 Å². The third-order valence-corrected chi connectivity index (χ3v) is 22.0. The highest BCUT2D eigenvalue weighted by Gasteiger charge is 2.31. The predicted molar refractivity (Wildman–Crippen MR) is 380 cm³/mol. The van der Waals surface area contributed by atoms with Crippen molar-refractivity contribution in [1.29, 1.82) is 0 Å². The van der Waals surface area contributed by atoms with E-state index in [0.717, 1.165) is 142 Å². The smallest absolute Gasteiger partial charge is 0.145 e. The van der Waals surface area contributed by atoms with E-state index in [2.05, 4.69) is 248 Å². The van der Waals surface area contributed by atoms with Crippen LogP contribution in [0.5, 0.6) is 0 Å². The first kappa shape index (κ1) is 44.8. The molecule has 0 atom stereocenters. The van der Waals surface area contributed by atoms with Gasteiger partial charge in [-0.25, -0.2) is 0 Å². The van der Waals surface area contributed by atoms with Gasteiger partial charge in [0.2, 0.25) is 0 Å². The molecule has 0 amide bonds. The first-order valence-electron chi connectivity index (χ1n) is 31.6. The molecule has 26 aromatic rings. The lowest BCUT2D eigenvalue weighted by Gasteiger charge is -2.06. The van der Waals surface area contributed by atoms with E-state index < -0.39 is 0 Å². The van der Waals surface area contributed by atoms with Gasteiger partial charge in [0.05, 0.1) is 77.0 Å². The van der Waals surface area contributed by atoms with Crippen LogP contribution in [0, 0.1) is 0 Å². The highest BCUT2D eigenvalue weighted by atomic mass is 16.3. The molecule has 0 saturated carbocycles. The van der Waals surface area contributed by atoms with Crippen LogP contribution in [-0.2, 0) is 0 Å². The van der Waals surface area contributed by atoms with Crippen LogP contribution < -0.4 is 0 Å². The average Bonchev–Trinajstić information content (AvgIpc) is 1.52. The number of rotatable bonds is 1. The third-order valence-electron chi connectivity index (χ3n) is 22.0. The lowest BCUT2D eigenvalue weighted by Crippen LogP contribution is -1.84. The second-order valence-electron chi connectivity index (χ2n) is 26.1. The Kier molecular flexibility index (Phi) is 7.13. The zero-order valence-corrected chi connectivity index (χ0v) is 48.4. The van der Waals surface area contributed by atoms with Crippen LogP contribution in [-0.4, -0.2) is 17.6 Å². The highest BCUT2D eigenvalue weighted by molar-refractivity contribution is 6.41. The zero-order valence-electron chi connectivity index (χ0n) is 48.4. The number of furan rings is 4. The van der Waals surface area contributed by atoms with E-state index in [1.807, 2.05) is 0 Å². The Balaban J connectivity index is 0.770. The van der Waals surface area contributed by atoms with Gasteiger partial charge in [0.15, 0.2) is 0 Å². The van der Waals surface area contributed by atoms with Crippen molar-refractivity contribution in [1.82, 2.24) is 17.6 Å². The molecule has 0 bridgehead atoms. The van der Waals surface area contributed by atoms with Gasteiger partial charge in [0.1, 0.15) is 44.7 Å². The Morgan fingerprint density at radius 1 is 0.185 bits per heavy atom. The molecule has 0 radical (unpaired) electrons. The second-order valence-corrected chi connectivity index (χ2v) is 26.1. The summed E-state index contributed by atoms with van der Waals surface area (Å²) in [7, 11) is 0. The molecule has 0 unspecified atom stereocenters. The fraction of sp³-hybridized carbons (Fsp3) is 0. The van der Waals surface area contributed by atoms with E-state index in [9.17, 15) is 0 Å².